The Labute approximate surface area is 227 Å². The quantitative estimate of drug-likeness (QED) is 0.175. The van der Waals surface area contributed by atoms with Crippen LogP contribution in [0.25, 0.3) is 0 Å². The lowest BCUT2D eigenvalue weighted by Crippen LogP contribution is -2.61. The van der Waals surface area contributed by atoms with Crippen molar-refractivity contribution in [1.29, 1.82) is 0 Å². The summed E-state index contributed by atoms with van der Waals surface area (Å²) in [5.41, 5.74) is 0. The van der Waals surface area contributed by atoms with Gasteiger partial charge in [-0.15, -0.1) is 0 Å². The second-order valence-electron chi connectivity index (χ2n) is 12.4. The molecule has 0 saturated carbocycles. The molecule has 0 amide bonds. The van der Waals surface area contributed by atoms with Crippen LogP contribution in [0.3, 0.4) is 0 Å². The number of hydrogen-bond acceptors (Lipinski definition) is 8. The fraction of sp³-hybridized carbons (Fsp3) is 1.00. The maximum Gasteiger partial charge on any atom is 0.314 e. The first-order chi connectivity index (χ1) is 15.1. The second-order valence-corrected chi connectivity index (χ2v) is 42.2. The summed E-state index contributed by atoms with van der Waals surface area (Å²) in [5, 5.41) is 0. The first-order valence-corrected chi connectivity index (χ1v) is 36.8. The highest BCUT2D eigenvalue weighted by atomic mass is 28.5. The largest absolute Gasteiger partial charge is 0.437 e. The SMILES string of the molecule is C[Si](C)O[Si](C)(C)O[Si](C)(C)O[Si](C)(C)O[Si](C)(C)O[Si](C)(C)O[Si](C)(C)O[Si](C)(C)O[Si](C)C. The number of rotatable bonds is 16. The summed E-state index contributed by atoms with van der Waals surface area (Å²) in [6, 6.07) is 0. The van der Waals surface area contributed by atoms with Crippen LogP contribution < -0.4 is 0 Å². The van der Waals surface area contributed by atoms with Gasteiger partial charge >= 0.3 is 59.9 Å². The summed E-state index contributed by atoms with van der Waals surface area (Å²) >= 11 is 0. The highest BCUT2D eigenvalue weighted by Crippen LogP contribution is 2.29. The summed E-state index contributed by atoms with van der Waals surface area (Å²) < 4.78 is 51.8. The molecule has 0 spiro atoms. The van der Waals surface area contributed by atoms with Crippen molar-refractivity contribution in [2.45, 2.75) is 118 Å². The Balaban J connectivity index is 5.28. The Morgan fingerprint density at radius 3 is 0.571 bits per heavy atom. The van der Waals surface area contributed by atoms with Crippen molar-refractivity contribution < 1.29 is 32.9 Å². The first-order valence-electron chi connectivity index (χ1n) is 12.3. The van der Waals surface area contributed by atoms with Gasteiger partial charge in [0.25, 0.3) is 0 Å². The molecule has 210 valence electrons. The van der Waals surface area contributed by atoms with Crippen LogP contribution in [0.2, 0.25) is 118 Å². The van der Waals surface area contributed by atoms with Gasteiger partial charge in [-0.1, -0.05) is 0 Å². The minimum Gasteiger partial charge on any atom is -0.437 e. The van der Waals surface area contributed by atoms with Crippen LogP contribution in [0.4, 0.5) is 0 Å². The molecule has 2 radical (unpaired) electrons. The third-order valence-corrected chi connectivity index (χ3v) is 34.6. The van der Waals surface area contributed by atoms with Crippen molar-refractivity contribution in [1.82, 2.24) is 0 Å². The van der Waals surface area contributed by atoms with E-state index in [4.69, 9.17) is 32.9 Å². The predicted octanol–water partition coefficient (Wildman–Crippen LogP) is 6.53. The summed E-state index contributed by atoms with van der Waals surface area (Å²) in [6.07, 6.45) is 0. The molecule has 35 heavy (non-hydrogen) atoms. The van der Waals surface area contributed by atoms with Crippen molar-refractivity contribution in [3.05, 3.63) is 0 Å². The van der Waals surface area contributed by atoms with E-state index in [9.17, 15) is 0 Å². The van der Waals surface area contributed by atoms with Gasteiger partial charge in [0.05, 0.1) is 0 Å². The Morgan fingerprint density at radius 2 is 0.429 bits per heavy atom. The molecule has 0 heterocycles. The monoisotopic (exact) mass is 650 g/mol. The summed E-state index contributed by atoms with van der Waals surface area (Å²) in [7, 11) is -18.8. The highest BCUT2D eigenvalue weighted by Gasteiger charge is 2.49. The van der Waals surface area contributed by atoms with Crippen LogP contribution in [-0.4, -0.2) is 78.0 Å². The van der Waals surface area contributed by atoms with Crippen LogP contribution in [0.5, 0.6) is 0 Å². The number of hydrogen-bond donors (Lipinski definition) is 0. The molecule has 0 unspecified atom stereocenters. The lowest BCUT2D eigenvalue weighted by Gasteiger charge is -2.43. The van der Waals surface area contributed by atoms with Crippen LogP contribution in [-0.2, 0) is 32.9 Å². The van der Waals surface area contributed by atoms with Gasteiger partial charge in [-0.3, -0.25) is 0 Å². The van der Waals surface area contributed by atoms with E-state index in [1.165, 1.54) is 0 Å². The van der Waals surface area contributed by atoms with E-state index >= 15 is 0 Å². The summed E-state index contributed by atoms with van der Waals surface area (Å²) in [5.74, 6) is 0. The molecule has 0 rings (SSSR count). The van der Waals surface area contributed by atoms with E-state index in [1.807, 2.05) is 0 Å². The average molecular weight is 651 g/mol. The Hall–Kier alpha value is 1.63. The van der Waals surface area contributed by atoms with E-state index in [2.05, 4.69) is 118 Å². The van der Waals surface area contributed by atoms with E-state index < -0.39 is 78.0 Å². The highest BCUT2D eigenvalue weighted by molar-refractivity contribution is 6.91. The maximum atomic E-state index is 6.65. The van der Waals surface area contributed by atoms with E-state index in [1.54, 1.807) is 0 Å². The van der Waals surface area contributed by atoms with Gasteiger partial charge < -0.3 is 32.9 Å². The standard InChI is InChI=1S/C18H54O8Si9/c1-27(2)19-29(5,6)21-31(9,10)23-33(13,14)25-35(17,18)26-34(15,16)24-32(11,12)22-30(7,8)20-28(3)4/h1-18H3. The van der Waals surface area contributed by atoms with Crippen molar-refractivity contribution >= 4 is 78.0 Å². The normalized spacial score (nSPS) is 15.4. The second kappa shape index (κ2) is 12.9. The molecule has 0 bridgehead atoms. The van der Waals surface area contributed by atoms with Gasteiger partial charge in [-0.2, -0.15) is 0 Å². The molecule has 0 aromatic carbocycles. The Kier molecular flexibility index (Phi) is 13.5. The van der Waals surface area contributed by atoms with E-state index in [0.717, 1.165) is 0 Å². The molecule has 0 saturated heterocycles. The maximum absolute atomic E-state index is 6.65. The van der Waals surface area contributed by atoms with Crippen molar-refractivity contribution in [3.63, 3.8) is 0 Å². The van der Waals surface area contributed by atoms with Crippen molar-refractivity contribution in [2.24, 2.45) is 0 Å². The fourth-order valence-electron chi connectivity index (χ4n) is 4.68. The third-order valence-electron chi connectivity index (χ3n) is 3.85. The van der Waals surface area contributed by atoms with Crippen LogP contribution in [0, 0.1) is 0 Å². The predicted molar refractivity (Wildman–Crippen MR) is 166 cm³/mol. The van der Waals surface area contributed by atoms with E-state index in [0.29, 0.717) is 0 Å². The first kappa shape index (κ1) is 36.6. The zero-order chi connectivity index (χ0) is 28.3. The molecule has 0 aliphatic carbocycles. The Morgan fingerprint density at radius 1 is 0.286 bits per heavy atom. The average Bonchev–Trinajstić information content (AvgIpc) is 2.33. The van der Waals surface area contributed by atoms with Gasteiger partial charge in [0.1, 0.15) is 0 Å². The molecule has 0 N–H and O–H groups in total. The van der Waals surface area contributed by atoms with Gasteiger partial charge in [0.15, 0.2) is 18.1 Å². The van der Waals surface area contributed by atoms with E-state index in [-0.39, 0.29) is 0 Å². The topological polar surface area (TPSA) is 73.8 Å². The molecular formula is C18H54O8Si9. The molecule has 0 aromatic heterocycles. The molecular weight excluding hydrogens is 597 g/mol. The van der Waals surface area contributed by atoms with Crippen LogP contribution >= 0.6 is 0 Å². The molecule has 0 aromatic rings. The lowest BCUT2D eigenvalue weighted by atomic mass is 11.9. The van der Waals surface area contributed by atoms with Crippen molar-refractivity contribution in [2.75, 3.05) is 0 Å². The molecule has 17 heteroatoms. The molecule has 0 aliphatic heterocycles. The fourth-order valence-corrected chi connectivity index (χ4v) is 44.7. The zero-order valence-corrected chi connectivity index (χ0v) is 34.8. The minimum atomic E-state index is -2.57. The Bertz CT molecular complexity index is 616. The van der Waals surface area contributed by atoms with Gasteiger partial charge in [-0.05, 0) is 118 Å². The van der Waals surface area contributed by atoms with Gasteiger partial charge in [0.2, 0.25) is 0 Å². The molecule has 0 fully saturated rings. The molecule has 0 atom stereocenters. The lowest BCUT2D eigenvalue weighted by molar-refractivity contribution is 0.261. The molecule has 8 nitrogen and oxygen atoms in total. The summed E-state index contributed by atoms with van der Waals surface area (Å²) in [6.45, 7) is 37.7. The smallest absolute Gasteiger partial charge is 0.314 e. The zero-order valence-electron chi connectivity index (χ0n) is 25.8. The van der Waals surface area contributed by atoms with Crippen LogP contribution in [0.1, 0.15) is 0 Å². The molecule has 0 aliphatic rings. The minimum absolute atomic E-state index is 0.837. The van der Waals surface area contributed by atoms with Gasteiger partial charge in [0, 0.05) is 0 Å². The van der Waals surface area contributed by atoms with Gasteiger partial charge in [-0.25, -0.2) is 0 Å². The summed E-state index contributed by atoms with van der Waals surface area (Å²) in [4.78, 5) is 0. The van der Waals surface area contributed by atoms with Crippen molar-refractivity contribution in [3.8, 4) is 0 Å². The third kappa shape index (κ3) is 17.8. The van der Waals surface area contributed by atoms with Crippen LogP contribution in [0.15, 0.2) is 0 Å².